The first-order valence-electron chi connectivity index (χ1n) is 6.79. The van der Waals surface area contributed by atoms with Crippen molar-refractivity contribution in [1.82, 2.24) is 10.6 Å². The van der Waals surface area contributed by atoms with Crippen molar-refractivity contribution < 1.29 is 9.53 Å². The summed E-state index contributed by atoms with van der Waals surface area (Å²) in [6.07, 6.45) is 0. The van der Waals surface area contributed by atoms with E-state index in [-0.39, 0.29) is 19.1 Å². The molecule has 1 aromatic rings. The van der Waals surface area contributed by atoms with Crippen molar-refractivity contribution in [2.75, 3.05) is 19.7 Å². The summed E-state index contributed by atoms with van der Waals surface area (Å²) in [5.41, 5.74) is 0.984. The van der Waals surface area contributed by atoms with Crippen molar-refractivity contribution in [2.45, 2.75) is 20.4 Å². The first-order valence-corrected chi connectivity index (χ1v) is 7.58. The highest BCUT2D eigenvalue weighted by Gasteiger charge is 2.10. The molecule has 6 heteroatoms. The number of nitrogens with one attached hydrogen (secondary N) is 2. The number of amides is 1. The van der Waals surface area contributed by atoms with Gasteiger partial charge in [0.25, 0.3) is 5.91 Å². The lowest BCUT2D eigenvalue weighted by Gasteiger charge is -2.14. The van der Waals surface area contributed by atoms with Gasteiger partial charge in [-0.25, -0.2) is 0 Å². The zero-order valence-electron chi connectivity index (χ0n) is 12.3. The second kappa shape index (κ2) is 9.37. The van der Waals surface area contributed by atoms with Crippen molar-refractivity contribution in [3.63, 3.8) is 0 Å². The zero-order chi connectivity index (χ0) is 15.7. The van der Waals surface area contributed by atoms with E-state index in [0.29, 0.717) is 18.2 Å². The van der Waals surface area contributed by atoms with Crippen LogP contribution in [0.5, 0.6) is 5.75 Å². The summed E-state index contributed by atoms with van der Waals surface area (Å²) in [6.45, 7) is 5.75. The van der Waals surface area contributed by atoms with Crippen LogP contribution < -0.4 is 15.4 Å². The van der Waals surface area contributed by atoms with E-state index in [1.807, 2.05) is 24.3 Å². The maximum absolute atomic E-state index is 11.5. The number of benzene rings is 1. The maximum atomic E-state index is 11.5. The molecule has 2 N–H and O–H groups in total. The second-order valence-electron chi connectivity index (χ2n) is 4.98. The Bertz CT molecular complexity index is 512. The highest BCUT2D eigenvalue weighted by atomic mass is 79.9. The predicted molar refractivity (Wildman–Crippen MR) is 84.8 cm³/mol. The third-order valence-electron chi connectivity index (χ3n) is 2.63. The number of halogens is 1. The van der Waals surface area contributed by atoms with Crippen LogP contribution in [0, 0.1) is 17.2 Å². The van der Waals surface area contributed by atoms with Gasteiger partial charge in [0.15, 0.2) is 6.61 Å². The molecule has 0 bridgehead atoms. The highest BCUT2D eigenvalue weighted by molar-refractivity contribution is 9.10. The molecule has 0 saturated carbocycles. The van der Waals surface area contributed by atoms with E-state index in [2.05, 4.69) is 40.4 Å². The van der Waals surface area contributed by atoms with Crippen molar-refractivity contribution in [3.8, 4) is 11.8 Å². The molecule has 0 saturated heterocycles. The van der Waals surface area contributed by atoms with Crippen molar-refractivity contribution >= 4 is 21.8 Å². The molecule has 0 fully saturated rings. The molecule has 1 rings (SSSR count). The average molecular weight is 354 g/mol. The smallest absolute Gasteiger partial charge is 0.258 e. The van der Waals surface area contributed by atoms with E-state index in [1.165, 1.54) is 0 Å². The van der Waals surface area contributed by atoms with Crippen molar-refractivity contribution in [3.05, 3.63) is 28.2 Å². The van der Waals surface area contributed by atoms with Crippen LogP contribution in [0.1, 0.15) is 19.4 Å². The molecular weight excluding hydrogens is 334 g/mol. The Hall–Kier alpha value is -1.58. The number of hydrogen-bond donors (Lipinski definition) is 2. The topological polar surface area (TPSA) is 74.2 Å². The highest BCUT2D eigenvalue weighted by Crippen LogP contribution is 2.29. The summed E-state index contributed by atoms with van der Waals surface area (Å²) < 4.78 is 6.38. The molecule has 1 amide bonds. The Morgan fingerprint density at radius 1 is 1.48 bits per heavy atom. The lowest BCUT2D eigenvalue weighted by atomic mass is 10.2. The summed E-state index contributed by atoms with van der Waals surface area (Å²) in [6, 6.07) is 7.61. The number of carbonyl (C=O) groups excluding carboxylic acids is 1. The minimum Gasteiger partial charge on any atom is -0.482 e. The van der Waals surface area contributed by atoms with Crippen LogP contribution in [-0.2, 0) is 11.3 Å². The summed E-state index contributed by atoms with van der Waals surface area (Å²) in [4.78, 5) is 11.5. The van der Waals surface area contributed by atoms with E-state index in [1.54, 1.807) is 0 Å². The van der Waals surface area contributed by atoms with Gasteiger partial charge >= 0.3 is 0 Å². The first-order chi connectivity index (χ1) is 10.0. The van der Waals surface area contributed by atoms with Gasteiger partial charge in [0.1, 0.15) is 12.3 Å². The molecule has 21 heavy (non-hydrogen) atoms. The Morgan fingerprint density at radius 2 is 2.24 bits per heavy atom. The van der Waals surface area contributed by atoms with Gasteiger partial charge < -0.3 is 15.4 Å². The average Bonchev–Trinajstić information content (AvgIpc) is 2.44. The predicted octanol–water partition coefficient (Wildman–Crippen LogP) is 2.21. The number of carbonyl (C=O) groups is 1. The standard InChI is InChI=1S/C15H20BrN3O2/c1-11(2)8-18-9-12-4-3-5-13(16)15(12)21-10-14(20)19-7-6-17/h3-5,11,18H,7-10H2,1-2H3,(H,19,20). The van der Waals surface area contributed by atoms with Crippen LogP contribution in [0.25, 0.3) is 0 Å². The minimum atomic E-state index is -0.312. The molecule has 0 radical (unpaired) electrons. The molecule has 0 unspecified atom stereocenters. The molecule has 0 atom stereocenters. The van der Waals surface area contributed by atoms with Gasteiger partial charge in [-0.05, 0) is 34.5 Å². The van der Waals surface area contributed by atoms with Crippen LogP contribution in [0.4, 0.5) is 0 Å². The molecule has 1 aromatic carbocycles. The number of ether oxygens (including phenoxy) is 1. The monoisotopic (exact) mass is 353 g/mol. The van der Waals surface area contributed by atoms with Crippen molar-refractivity contribution in [2.24, 2.45) is 5.92 Å². The fourth-order valence-corrected chi connectivity index (χ4v) is 2.20. The molecule has 114 valence electrons. The number of nitrogens with zero attached hydrogens (tertiary/aromatic N) is 1. The maximum Gasteiger partial charge on any atom is 0.258 e. The molecule has 0 aliphatic carbocycles. The Labute approximate surface area is 133 Å². The van der Waals surface area contributed by atoms with Gasteiger partial charge in [-0.2, -0.15) is 5.26 Å². The van der Waals surface area contributed by atoms with Crippen LogP contribution in [0.15, 0.2) is 22.7 Å². The van der Waals surface area contributed by atoms with Gasteiger partial charge in [-0.3, -0.25) is 4.79 Å². The number of para-hydroxylation sites is 1. The second-order valence-corrected chi connectivity index (χ2v) is 5.83. The van der Waals surface area contributed by atoms with Crippen LogP contribution in [0.3, 0.4) is 0 Å². The normalized spacial score (nSPS) is 10.2. The fraction of sp³-hybridized carbons (Fsp3) is 0.467. The number of rotatable bonds is 8. The molecule has 0 spiro atoms. The molecular formula is C15H20BrN3O2. The zero-order valence-corrected chi connectivity index (χ0v) is 13.9. The van der Waals surface area contributed by atoms with E-state index in [9.17, 15) is 4.79 Å². The van der Waals surface area contributed by atoms with Gasteiger partial charge in [-0.15, -0.1) is 0 Å². The summed E-state index contributed by atoms with van der Waals surface area (Å²) in [5, 5.41) is 14.2. The SMILES string of the molecule is CC(C)CNCc1cccc(Br)c1OCC(=O)NCC#N. The van der Waals surface area contributed by atoms with Gasteiger partial charge in [0.2, 0.25) is 0 Å². The first kappa shape index (κ1) is 17.5. The fourth-order valence-electron chi connectivity index (χ4n) is 1.68. The van der Waals surface area contributed by atoms with Crippen LogP contribution in [0.2, 0.25) is 0 Å². The number of nitriles is 1. The van der Waals surface area contributed by atoms with E-state index < -0.39 is 0 Å². The minimum absolute atomic E-state index is 0.0129. The third kappa shape index (κ3) is 6.61. The molecule has 0 aliphatic heterocycles. The van der Waals surface area contributed by atoms with E-state index in [0.717, 1.165) is 16.6 Å². The Morgan fingerprint density at radius 3 is 2.90 bits per heavy atom. The van der Waals surface area contributed by atoms with Gasteiger partial charge in [-0.1, -0.05) is 26.0 Å². The third-order valence-corrected chi connectivity index (χ3v) is 3.25. The summed E-state index contributed by atoms with van der Waals surface area (Å²) >= 11 is 3.43. The van der Waals surface area contributed by atoms with Gasteiger partial charge in [0, 0.05) is 12.1 Å². The number of hydrogen-bond acceptors (Lipinski definition) is 4. The summed E-state index contributed by atoms with van der Waals surface area (Å²) in [5.74, 6) is 0.910. The van der Waals surface area contributed by atoms with Crippen molar-refractivity contribution in [1.29, 1.82) is 5.26 Å². The molecule has 0 heterocycles. The quantitative estimate of drug-likeness (QED) is 0.702. The lowest BCUT2D eigenvalue weighted by molar-refractivity contribution is -0.122. The van der Waals surface area contributed by atoms with Crippen LogP contribution in [-0.4, -0.2) is 25.6 Å². The van der Waals surface area contributed by atoms with Gasteiger partial charge in [0.05, 0.1) is 10.5 Å². The molecule has 5 nitrogen and oxygen atoms in total. The van der Waals surface area contributed by atoms with Crippen LogP contribution >= 0.6 is 15.9 Å². The molecule has 0 aromatic heterocycles. The largest absolute Gasteiger partial charge is 0.482 e. The Balaban J connectivity index is 2.63. The van der Waals surface area contributed by atoms with E-state index in [4.69, 9.17) is 10.00 Å². The van der Waals surface area contributed by atoms with E-state index >= 15 is 0 Å². The lowest BCUT2D eigenvalue weighted by Crippen LogP contribution is -2.29. The Kier molecular flexibility index (Phi) is 7.80. The molecule has 0 aliphatic rings. The summed E-state index contributed by atoms with van der Waals surface area (Å²) in [7, 11) is 0.